The summed E-state index contributed by atoms with van der Waals surface area (Å²) in [5.41, 5.74) is 2.24. The van der Waals surface area contributed by atoms with E-state index in [1.165, 1.54) is 40.9 Å². The van der Waals surface area contributed by atoms with E-state index in [1.54, 1.807) is 17.0 Å². The summed E-state index contributed by atoms with van der Waals surface area (Å²) in [5, 5.41) is 15.2. The van der Waals surface area contributed by atoms with Crippen LogP contribution in [-0.4, -0.2) is 26.0 Å². The van der Waals surface area contributed by atoms with E-state index in [4.69, 9.17) is 12.2 Å². The first-order valence-electron chi connectivity index (χ1n) is 8.22. The van der Waals surface area contributed by atoms with Crippen molar-refractivity contribution in [3.05, 3.63) is 83.0 Å². The van der Waals surface area contributed by atoms with Crippen molar-refractivity contribution in [1.82, 2.24) is 9.78 Å². The molecule has 1 saturated heterocycles. The van der Waals surface area contributed by atoms with Gasteiger partial charge in [-0.15, -0.1) is 0 Å². The molecule has 6 nitrogen and oxygen atoms in total. The summed E-state index contributed by atoms with van der Waals surface area (Å²) in [4.78, 5) is 25.5. The summed E-state index contributed by atoms with van der Waals surface area (Å²) in [7, 11) is 0. The van der Waals surface area contributed by atoms with E-state index < -0.39 is 5.97 Å². The number of thiocarbonyl (C=S) groups is 1. The molecule has 2 aromatic carbocycles. The molecule has 0 unspecified atom stereocenters. The molecule has 0 atom stereocenters. The van der Waals surface area contributed by atoms with Crippen LogP contribution < -0.4 is 10.0 Å². The fourth-order valence-corrected chi connectivity index (χ4v) is 4.02. The van der Waals surface area contributed by atoms with Gasteiger partial charge in [0.05, 0.1) is 28.4 Å². The zero-order valence-corrected chi connectivity index (χ0v) is 15.9. The number of hydrogen-bond donors (Lipinski definition) is 0. The number of benzene rings is 2. The molecule has 8 heteroatoms. The lowest BCUT2D eigenvalue weighted by molar-refractivity contribution is -0.255. The van der Waals surface area contributed by atoms with Crippen LogP contribution in [0.2, 0.25) is 0 Å². The smallest absolute Gasteiger partial charge is 0.270 e. The van der Waals surface area contributed by atoms with E-state index >= 15 is 0 Å². The molecule has 2 heterocycles. The molecule has 0 saturated carbocycles. The molecule has 0 radical (unpaired) electrons. The molecule has 1 amide bonds. The summed E-state index contributed by atoms with van der Waals surface area (Å²) in [6.45, 7) is 0. The Bertz CT molecular complexity index is 1110. The van der Waals surface area contributed by atoms with Crippen molar-refractivity contribution in [3.63, 3.8) is 0 Å². The standard InChI is InChI=1S/C20H13N3O3S2/c24-18-17(10-13-11-21-22(12-13)15-4-2-1-3-5-15)28-20(27)23(18)16-8-6-14(7-9-16)19(25)26/h1-12H,(H,25,26)/p-1/b17-10+. The van der Waals surface area contributed by atoms with Gasteiger partial charge in [0.15, 0.2) is 4.32 Å². The molecule has 3 aromatic rings. The molecule has 28 heavy (non-hydrogen) atoms. The molecule has 0 aliphatic carbocycles. The van der Waals surface area contributed by atoms with Crippen molar-refractivity contribution >= 4 is 51.9 Å². The van der Waals surface area contributed by atoms with Gasteiger partial charge < -0.3 is 9.90 Å². The number of para-hydroxylation sites is 1. The van der Waals surface area contributed by atoms with E-state index in [9.17, 15) is 14.7 Å². The van der Waals surface area contributed by atoms with Crippen LogP contribution in [0.5, 0.6) is 0 Å². The third-order valence-corrected chi connectivity index (χ3v) is 5.38. The highest BCUT2D eigenvalue weighted by Crippen LogP contribution is 2.36. The Hall–Kier alpha value is -3.23. The Morgan fingerprint density at radius 1 is 1.07 bits per heavy atom. The summed E-state index contributed by atoms with van der Waals surface area (Å²) in [6.07, 6.45) is 5.24. The largest absolute Gasteiger partial charge is 0.545 e. The van der Waals surface area contributed by atoms with Gasteiger partial charge in [-0.3, -0.25) is 9.69 Å². The van der Waals surface area contributed by atoms with Crippen LogP contribution in [-0.2, 0) is 4.79 Å². The summed E-state index contributed by atoms with van der Waals surface area (Å²) in [5.74, 6) is -1.53. The predicted molar refractivity (Wildman–Crippen MR) is 110 cm³/mol. The Labute approximate surface area is 170 Å². The summed E-state index contributed by atoms with van der Waals surface area (Å²) >= 11 is 6.53. The average molecular weight is 406 g/mol. The number of aromatic nitrogens is 2. The van der Waals surface area contributed by atoms with Crippen molar-refractivity contribution in [1.29, 1.82) is 0 Å². The van der Waals surface area contributed by atoms with E-state index in [0.717, 1.165) is 11.3 Å². The van der Waals surface area contributed by atoms with Gasteiger partial charge in [0.2, 0.25) is 0 Å². The van der Waals surface area contributed by atoms with Crippen LogP contribution in [0.15, 0.2) is 71.9 Å². The molecule has 0 spiro atoms. The van der Waals surface area contributed by atoms with Crippen LogP contribution in [0, 0.1) is 0 Å². The fraction of sp³-hybridized carbons (Fsp3) is 0. The number of thioether (sulfide) groups is 1. The highest BCUT2D eigenvalue weighted by atomic mass is 32.2. The first-order chi connectivity index (χ1) is 13.5. The lowest BCUT2D eigenvalue weighted by atomic mass is 10.2. The molecule has 4 rings (SSSR count). The first kappa shape index (κ1) is 18.1. The Kier molecular flexibility index (Phi) is 4.81. The number of carboxylic acid groups (broad SMARTS) is 1. The van der Waals surface area contributed by atoms with Gasteiger partial charge in [0.1, 0.15) is 0 Å². The zero-order valence-electron chi connectivity index (χ0n) is 14.3. The normalized spacial score (nSPS) is 15.4. The van der Waals surface area contributed by atoms with Crippen molar-refractivity contribution in [2.45, 2.75) is 0 Å². The average Bonchev–Trinajstić information content (AvgIpc) is 3.27. The molecule has 1 aliphatic rings. The molecule has 1 aromatic heterocycles. The number of anilines is 1. The maximum atomic E-state index is 12.8. The quantitative estimate of drug-likeness (QED) is 0.490. The second-order valence-corrected chi connectivity index (χ2v) is 7.58. The van der Waals surface area contributed by atoms with Crippen molar-refractivity contribution in [2.24, 2.45) is 0 Å². The maximum absolute atomic E-state index is 12.8. The number of carbonyl (C=O) groups excluding carboxylic acids is 2. The van der Waals surface area contributed by atoms with Crippen LogP contribution >= 0.6 is 24.0 Å². The highest BCUT2D eigenvalue weighted by molar-refractivity contribution is 8.27. The minimum absolute atomic E-state index is 0.0399. The Morgan fingerprint density at radius 2 is 1.79 bits per heavy atom. The molecular weight excluding hydrogens is 394 g/mol. The van der Waals surface area contributed by atoms with Gasteiger partial charge in [-0.1, -0.05) is 54.3 Å². The van der Waals surface area contributed by atoms with Gasteiger partial charge in [0.25, 0.3) is 5.91 Å². The molecule has 1 aliphatic heterocycles. The summed E-state index contributed by atoms with van der Waals surface area (Å²) in [6, 6.07) is 15.5. The van der Waals surface area contributed by atoms with Crippen LogP contribution in [0.25, 0.3) is 11.8 Å². The number of carbonyl (C=O) groups is 2. The monoisotopic (exact) mass is 406 g/mol. The third kappa shape index (κ3) is 3.47. The fourth-order valence-electron chi connectivity index (χ4n) is 2.72. The number of rotatable bonds is 4. The number of nitrogens with zero attached hydrogens (tertiary/aromatic N) is 3. The molecule has 1 fully saturated rings. The van der Waals surface area contributed by atoms with Gasteiger partial charge in [-0.05, 0) is 35.9 Å². The zero-order chi connectivity index (χ0) is 19.7. The molecular formula is C20H12N3O3S2-. The minimum atomic E-state index is -1.27. The topological polar surface area (TPSA) is 78.3 Å². The first-order valence-corrected chi connectivity index (χ1v) is 9.45. The number of hydrogen-bond acceptors (Lipinski definition) is 6. The lowest BCUT2D eigenvalue weighted by Crippen LogP contribution is -2.28. The Balaban J connectivity index is 1.59. The van der Waals surface area contributed by atoms with Gasteiger partial charge in [-0.25, -0.2) is 4.68 Å². The van der Waals surface area contributed by atoms with Crippen molar-refractivity contribution < 1.29 is 14.7 Å². The van der Waals surface area contributed by atoms with Gasteiger partial charge in [0, 0.05) is 11.8 Å². The number of aromatic carboxylic acids is 1. The third-order valence-electron chi connectivity index (χ3n) is 4.08. The second kappa shape index (κ2) is 7.41. The van der Waals surface area contributed by atoms with Gasteiger partial charge >= 0.3 is 0 Å². The van der Waals surface area contributed by atoms with E-state index in [-0.39, 0.29) is 11.5 Å². The lowest BCUT2D eigenvalue weighted by Gasteiger charge is -2.15. The predicted octanol–water partition coefficient (Wildman–Crippen LogP) is 2.64. The minimum Gasteiger partial charge on any atom is -0.545 e. The SMILES string of the molecule is O=C([O-])c1ccc(N2C(=O)/C(=C\c3cnn(-c4ccccc4)c3)SC2=S)cc1. The molecule has 0 N–H and O–H groups in total. The van der Waals surface area contributed by atoms with Crippen LogP contribution in [0.1, 0.15) is 15.9 Å². The van der Waals surface area contributed by atoms with Crippen molar-refractivity contribution in [2.75, 3.05) is 4.90 Å². The Morgan fingerprint density at radius 3 is 2.46 bits per heavy atom. The summed E-state index contributed by atoms with van der Waals surface area (Å²) < 4.78 is 2.11. The highest BCUT2D eigenvalue weighted by Gasteiger charge is 2.33. The molecule has 0 bridgehead atoms. The van der Waals surface area contributed by atoms with Crippen molar-refractivity contribution in [3.8, 4) is 5.69 Å². The van der Waals surface area contributed by atoms with E-state index in [1.807, 2.05) is 36.5 Å². The van der Waals surface area contributed by atoms with Gasteiger partial charge in [-0.2, -0.15) is 5.10 Å². The number of amides is 1. The van der Waals surface area contributed by atoms with Crippen LogP contribution in [0.4, 0.5) is 5.69 Å². The van der Waals surface area contributed by atoms with E-state index in [0.29, 0.717) is 14.9 Å². The second-order valence-electron chi connectivity index (χ2n) is 5.91. The van der Waals surface area contributed by atoms with E-state index in [2.05, 4.69) is 5.10 Å². The maximum Gasteiger partial charge on any atom is 0.270 e. The molecule has 138 valence electrons. The number of carboxylic acids is 1. The van der Waals surface area contributed by atoms with Crippen LogP contribution in [0.3, 0.4) is 0 Å².